The lowest BCUT2D eigenvalue weighted by atomic mass is 10.1. The molecule has 0 atom stereocenters. The molecule has 0 aliphatic carbocycles. The highest BCUT2D eigenvalue weighted by atomic mass is 16.5. The van der Waals surface area contributed by atoms with Gasteiger partial charge in [0.15, 0.2) is 28.8 Å². The summed E-state index contributed by atoms with van der Waals surface area (Å²) in [5, 5.41) is 9.89. The third-order valence-corrected chi connectivity index (χ3v) is 3.97. The molecule has 7 heteroatoms. The third kappa shape index (κ3) is 2.77. The number of phenols is 1. The first-order valence-corrected chi connectivity index (χ1v) is 7.68. The fraction of sp³-hybridized carbons (Fsp3) is 0.211. The van der Waals surface area contributed by atoms with Crippen molar-refractivity contribution in [2.45, 2.75) is 0 Å². The summed E-state index contributed by atoms with van der Waals surface area (Å²) in [5.41, 5.74) is 0.839. The van der Waals surface area contributed by atoms with Crippen molar-refractivity contribution >= 4 is 11.9 Å². The van der Waals surface area contributed by atoms with Crippen LogP contribution in [0.1, 0.15) is 15.9 Å². The van der Waals surface area contributed by atoms with Gasteiger partial charge in [-0.25, -0.2) is 0 Å². The zero-order valence-corrected chi connectivity index (χ0v) is 14.8. The molecule has 0 amide bonds. The molecule has 3 rings (SSSR count). The zero-order chi connectivity index (χ0) is 18.8. The lowest BCUT2D eigenvalue weighted by Gasteiger charge is -2.13. The van der Waals surface area contributed by atoms with Crippen LogP contribution in [0.25, 0.3) is 6.08 Å². The van der Waals surface area contributed by atoms with Crippen molar-refractivity contribution in [2.75, 3.05) is 28.4 Å². The molecule has 0 bridgehead atoms. The van der Waals surface area contributed by atoms with E-state index in [1.165, 1.54) is 40.6 Å². The van der Waals surface area contributed by atoms with Gasteiger partial charge in [0.05, 0.1) is 28.4 Å². The number of phenolic OH excluding ortho intramolecular Hbond substituents is 1. The van der Waals surface area contributed by atoms with E-state index in [0.29, 0.717) is 28.6 Å². The summed E-state index contributed by atoms with van der Waals surface area (Å²) in [5.74, 6) is 1.30. The molecule has 0 aromatic heterocycles. The van der Waals surface area contributed by atoms with Crippen LogP contribution in [-0.4, -0.2) is 39.3 Å². The Morgan fingerprint density at radius 1 is 0.923 bits per heavy atom. The summed E-state index contributed by atoms with van der Waals surface area (Å²) >= 11 is 0. The minimum Gasteiger partial charge on any atom is -0.504 e. The minimum absolute atomic E-state index is 0.0364. The first kappa shape index (κ1) is 17.5. The number of benzene rings is 2. The Labute approximate surface area is 150 Å². The molecule has 136 valence electrons. The number of allylic oxidation sites excluding steroid dienone is 1. The number of fused-ring (bicyclic) bond motifs is 1. The van der Waals surface area contributed by atoms with E-state index < -0.39 is 0 Å². The van der Waals surface area contributed by atoms with Crippen LogP contribution in [0, 0.1) is 0 Å². The van der Waals surface area contributed by atoms with Crippen molar-refractivity contribution < 1.29 is 33.6 Å². The molecule has 0 unspecified atom stereocenters. The predicted molar refractivity (Wildman–Crippen MR) is 93.7 cm³/mol. The second kappa shape index (κ2) is 6.87. The first-order valence-electron chi connectivity index (χ1n) is 7.68. The van der Waals surface area contributed by atoms with E-state index >= 15 is 0 Å². The summed E-state index contributed by atoms with van der Waals surface area (Å²) in [4.78, 5) is 12.8. The molecule has 0 spiro atoms. The van der Waals surface area contributed by atoms with E-state index in [-0.39, 0.29) is 28.6 Å². The predicted octanol–water partition coefficient (Wildman–Crippen LogP) is 3.04. The summed E-state index contributed by atoms with van der Waals surface area (Å²) in [6.07, 6.45) is 1.53. The van der Waals surface area contributed by atoms with Gasteiger partial charge >= 0.3 is 0 Å². The molecule has 2 aromatic rings. The SMILES string of the molecule is COc1ccc(/C=C2\Oc3cc(OC)c(OC)c(OC)c3C2=O)cc1O. The quantitative estimate of drug-likeness (QED) is 0.823. The number of aromatic hydroxyl groups is 1. The van der Waals surface area contributed by atoms with Gasteiger partial charge in [0.1, 0.15) is 11.3 Å². The highest BCUT2D eigenvalue weighted by Gasteiger charge is 2.35. The Hall–Kier alpha value is -3.35. The van der Waals surface area contributed by atoms with E-state index in [1.807, 2.05) is 0 Å². The monoisotopic (exact) mass is 358 g/mol. The van der Waals surface area contributed by atoms with E-state index in [9.17, 15) is 9.90 Å². The van der Waals surface area contributed by atoms with Gasteiger partial charge in [-0.05, 0) is 23.8 Å². The van der Waals surface area contributed by atoms with Crippen molar-refractivity contribution in [2.24, 2.45) is 0 Å². The summed E-state index contributed by atoms with van der Waals surface area (Å²) in [6.45, 7) is 0. The van der Waals surface area contributed by atoms with Crippen molar-refractivity contribution in [1.82, 2.24) is 0 Å². The number of Topliss-reactive ketones (excluding diaryl/α,β-unsaturated/α-hetero) is 1. The molecule has 1 aliphatic rings. The number of rotatable bonds is 5. The van der Waals surface area contributed by atoms with E-state index in [0.717, 1.165) is 0 Å². The summed E-state index contributed by atoms with van der Waals surface area (Å²) in [7, 11) is 5.84. The Morgan fingerprint density at radius 3 is 2.19 bits per heavy atom. The average molecular weight is 358 g/mol. The molecule has 0 radical (unpaired) electrons. The van der Waals surface area contributed by atoms with Crippen molar-refractivity contribution in [3.63, 3.8) is 0 Å². The summed E-state index contributed by atoms with van der Waals surface area (Å²) < 4.78 is 26.6. The molecule has 1 aliphatic heterocycles. The third-order valence-electron chi connectivity index (χ3n) is 3.97. The van der Waals surface area contributed by atoms with Crippen LogP contribution in [0.15, 0.2) is 30.0 Å². The Morgan fingerprint density at radius 2 is 1.62 bits per heavy atom. The van der Waals surface area contributed by atoms with E-state index in [1.54, 1.807) is 18.2 Å². The van der Waals surface area contributed by atoms with Gasteiger partial charge in [0.2, 0.25) is 11.5 Å². The molecule has 7 nitrogen and oxygen atoms in total. The fourth-order valence-corrected chi connectivity index (χ4v) is 2.76. The van der Waals surface area contributed by atoms with Crippen molar-refractivity contribution in [3.05, 3.63) is 41.2 Å². The van der Waals surface area contributed by atoms with Crippen LogP contribution in [0.2, 0.25) is 0 Å². The normalized spacial score (nSPS) is 14.0. The number of ether oxygens (including phenoxy) is 5. The number of carbonyl (C=O) groups is 1. The molecular weight excluding hydrogens is 340 g/mol. The molecular formula is C19H18O7. The van der Waals surface area contributed by atoms with Gasteiger partial charge < -0.3 is 28.8 Å². The molecule has 1 heterocycles. The van der Waals surface area contributed by atoms with Crippen LogP contribution < -0.4 is 23.7 Å². The van der Waals surface area contributed by atoms with Crippen LogP contribution in [-0.2, 0) is 0 Å². The smallest absolute Gasteiger partial charge is 0.235 e. The maximum Gasteiger partial charge on any atom is 0.235 e. The number of carbonyl (C=O) groups excluding carboxylic acids is 1. The average Bonchev–Trinajstić information content (AvgIpc) is 2.95. The second-order valence-electron chi connectivity index (χ2n) is 5.39. The molecule has 0 fully saturated rings. The number of hydrogen-bond acceptors (Lipinski definition) is 7. The van der Waals surface area contributed by atoms with Crippen LogP contribution >= 0.6 is 0 Å². The van der Waals surface area contributed by atoms with Gasteiger partial charge in [0.25, 0.3) is 0 Å². The zero-order valence-electron chi connectivity index (χ0n) is 14.8. The van der Waals surface area contributed by atoms with Crippen LogP contribution in [0.3, 0.4) is 0 Å². The lowest BCUT2D eigenvalue weighted by molar-refractivity contribution is 0.101. The maximum atomic E-state index is 12.8. The molecule has 0 saturated heterocycles. The Balaban J connectivity index is 2.06. The second-order valence-corrected chi connectivity index (χ2v) is 5.39. The summed E-state index contributed by atoms with van der Waals surface area (Å²) in [6, 6.07) is 6.34. The molecule has 26 heavy (non-hydrogen) atoms. The molecule has 0 saturated carbocycles. The highest BCUT2D eigenvalue weighted by Crippen LogP contribution is 2.49. The van der Waals surface area contributed by atoms with Crippen molar-refractivity contribution in [3.8, 4) is 34.5 Å². The fourth-order valence-electron chi connectivity index (χ4n) is 2.76. The molecule has 1 N–H and O–H groups in total. The van der Waals surface area contributed by atoms with Crippen LogP contribution in [0.4, 0.5) is 0 Å². The minimum atomic E-state index is -0.354. The van der Waals surface area contributed by atoms with E-state index in [2.05, 4.69) is 0 Å². The van der Waals surface area contributed by atoms with E-state index in [4.69, 9.17) is 23.7 Å². The van der Waals surface area contributed by atoms with Gasteiger partial charge in [-0.2, -0.15) is 0 Å². The largest absolute Gasteiger partial charge is 0.504 e. The van der Waals surface area contributed by atoms with Crippen LogP contribution in [0.5, 0.6) is 34.5 Å². The Bertz CT molecular complexity index is 899. The standard InChI is InChI=1S/C19H18O7/c1-22-12-6-5-10(7-11(12)20)8-14-17(21)16-13(26-14)9-15(23-2)18(24-3)19(16)25-4/h5-9,20H,1-4H3/b14-8-. The van der Waals surface area contributed by atoms with Gasteiger partial charge in [-0.1, -0.05) is 6.07 Å². The lowest BCUT2D eigenvalue weighted by Crippen LogP contribution is -2.02. The maximum absolute atomic E-state index is 12.8. The van der Waals surface area contributed by atoms with Gasteiger partial charge in [-0.15, -0.1) is 0 Å². The van der Waals surface area contributed by atoms with Crippen molar-refractivity contribution in [1.29, 1.82) is 0 Å². The van der Waals surface area contributed by atoms with Gasteiger partial charge in [-0.3, -0.25) is 4.79 Å². The number of hydrogen-bond donors (Lipinski definition) is 1. The highest BCUT2D eigenvalue weighted by molar-refractivity contribution is 6.17. The van der Waals surface area contributed by atoms with Gasteiger partial charge in [0, 0.05) is 6.07 Å². The Kier molecular flexibility index (Phi) is 4.62. The topological polar surface area (TPSA) is 83.5 Å². The molecule has 2 aromatic carbocycles. The number of methoxy groups -OCH3 is 4. The first-order chi connectivity index (χ1) is 12.5. The number of ketones is 1.